The summed E-state index contributed by atoms with van der Waals surface area (Å²) in [6.07, 6.45) is 0. The largest absolute Gasteiger partial charge is 0.374 e. The molecule has 0 aliphatic rings. The highest BCUT2D eigenvalue weighted by molar-refractivity contribution is 7.16. The topological polar surface area (TPSA) is 35.2 Å². The van der Waals surface area contributed by atoms with Crippen LogP contribution in [-0.4, -0.2) is 12.2 Å². The number of rotatable bonds is 4. The van der Waals surface area contributed by atoms with Crippen LogP contribution in [-0.2, 0) is 4.74 Å². The van der Waals surface area contributed by atoms with Gasteiger partial charge in [0, 0.05) is 11.5 Å². The van der Waals surface area contributed by atoms with Crippen molar-refractivity contribution in [1.29, 1.82) is 0 Å². The Kier molecular flexibility index (Phi) is 3.95. The van der Waals surface area contributed by atoms with Crippen molar-refractivity contribution in [2.24, 2.45) is 5.73 Å². The van der Waals surface area contributed by atoms with Crippen LogP contribution in [0.5, 0.6) is 0 Å². The van der Waals surface area contributed by atoms with E-state index in [-0.39, 0.29) is 11.6 Å². The third-order valence-electron chi connectivity index (χ3n) is 2.17. The highest BCUT2D eigenvalue weighted by Crippen LogP contribution is 2.33. The molecule has 2 N–H and O–H groups in total. The summed E-state index contributed by atoms with van der Waals surface area (Å²) in [6.45, 7) is 6.62. The van der Waals surface area contributed by atoms with Gasteiger partial charge in [-0.05, 0) is 32.9 Å². The first kappa shape index (κ1) is 12.0. The number of hydrogen-bond donors (Lipinski definition) is 1. The van der Waals surface area contributed by atoms with Crippen molar-refractivity contribution in [3.8, 4) is 0 Å². The van der Waals surface area contributed by atoms with Gasteiger partial charge in [0.2, 0.25) is 0 Å². The van der Waals surface area contributed by atoms with Crippen molar-refractivity contribution in [3.05, 3.63) is 21.3 Å². The fourth-order valence-electron chi connectivity index (χ4n) is 1.30. The molecule has 0 amide bonds. The summed E-state index contributed by atoms with van der Waals surface area (Å²) in [5.74, 6) is 0. The number of thiophene rings is 1. The zero-order chi connectivity index (χ0) is 10.8. The molecule has 1 unspecified atom stereocenters. The Labute approximate surface area is 94.0 Å². The molecule has 0 aromatic carbocycles. The molecule has 0 aliphatic heterocycles. The van der Waals surface area contributed by atoms with E-state index in [9.17, 15) is 0 Å². The van der Waals surface area contributed by atoms with Crippen LogP contribution in [0.2, 0.25) is 4.34 Å². The molecule has 0 radical (unpaired) electrons. The number of nitrogens with two attached hydrogens (primary N) is 1. The molecule has 1 atom stereocenters. The third kappa shape index (κ3) is 2.70. The molecule has 0 spiro atoms. The lowest BCUT2D eigenvalue weighted by molar-refractivity contribution is -0.0290. The number of hydrogen-bond acceptors (Lipinski definition) is 3. The van der Waals surface area contributed by atoms with Crippen LogP contribution in [0.15, 0.2) is 12.1 Å². The lowest BCUT2D eigenvalue weighted by Gasteiger charge is -2.30. The van der Waals surface area contributed by atoms with Gasteiger partial charge in [0.15, 0.2) is 0 Å². The molecule has 0 bridgehead atoms. The fraction of sp³-hybridized carbons (Fsp3) is 0.600. The van der Waals surface area contributed by atoms with Gasteiger partial charge >= 0.3 is 0 Å². The molecule has 1 rings (SSSR count). The Morgan fingerprint density at radius 3 is 2.64 bits per heavy atom. The average Bonchev–Trinajstić information content (AvgIpc) is 2.50. The highest BCUT2D eigenvalue weighted by Gasteiger charge is 2.29. The van der Waals surface area contributed by atoms with Gasteiger partial charge in [0.05, 0.1) is 16.0 Å². The van der Waals surface area contributed by atoms with Gasteiger partial charge in [-0.1, -0.05) is 11.6 Å². The normalized spacial score (nSPS) is 14.4. The molecule has 80 valence electrons. The minimum absolute atomic E-state index is 0.125. The van der Waals surface area contributed by atoms with Crippen LogP contribution in [0.3, 0.4) is 0 Å². The second-order valence-corrected chi connectivity index (χ2v) is 5.40. The van der Waals surface area contributed by atoms with E-state index in [2.05, 4.69) is 0 Å². The SMILES string of the molecule is CCOC(C)(C)C(N)c1ccc(Cl)s1. The second kappa shape index (κ2) is 4.62. The maximum absolute atomic E-state index is 6.10. The minimum Gasteiger partial charge on any atom is -0.374 e. The Morgan fingerprint density at radius 1 is 1.57 bits per heavy atom. The Bertz CT molecular complexity index is 298. The van der Waals surface area contributed by atoms with Crippen LogP contribution in [0.1, 0.15) is 31.7 Å². The molecule has 1 heterocycles. The lowest BCUT2D eigenvalue weighted by atomic mass is 9.98. The summed E-state index contributed by atoms with van der Waals surface area (Å²) in [5, 5.41) is 0. The molecular weight excluding hydrogens is 218 g/mol. The van der Waals surface area contributed by atoms with Gasteiger partial charge in [-0.25, -0.2) is 0 Å². The van der Waals surface area contributed by atoms with Crippen LogP contribution < -0.4 is 5.73 Å². The van der Waals surface area contributed by atoms with E-state index in [1.807, 2.05) is 32.9 Å². The van der Waals surface area contributed by atoms with Gasteiger partial charge < -0.3 is 10.5 Å². The average molecular weight is 234 g/mol. The number of halogens is 1. The second-order valence-electron chi connectivity index (χ2n) is 3.66. The molecular formula is C10H16ClNOS. The fourth-order valence-corrected chi connectivity index (χ4v) is 2.54. The molecule has 1 aromatic rings. The van der Waals surface area contributed by atoms with Crippen LogP contribution in [0.25, 0.3) is 0 Å². The molecule has 4 heteroatoms. The molecule has 0 saturated heterocycles. The smallest absolute Gasteiger partial charge is 0.0931 e. The maximum Gasteiger partial charge on any atom is 0.0931 e. The van der Waals surface area contributed by atoms with Crippen molar-refractivity contribution in [3.63, 3.8) is 0 Å². The van der Waals surface area contributed by atoms with E-state index in [1.165, 1.54) is 11.3 Å². The van der Waals surface area contributed by atoms with Gasteiger partial charge in [0.25, 0.3) is 0 Å². The predicted molar refractivity (Wildman–Crippen MR) is 62.0 cm³/mol. The van der Waals surface area contributed by atoms with Crippen molar-refractivity contribution >= 4 is 22.9 Å². The zero-order valence-electron chi connectivity index (χ0n) is 8.71. The zero-order valence-corrected chi connectivity index (χ0v) is 10.3. The van der Waals surface area contributed by atoms with Crippen molar-refractivity contribution < 1.29 is 4.74 Å². The Hall–Kier alpha value is -0.0900. The van der Waals surface area contributed by atoms with Crippen molar-refractivity contribution in [2.45, 2.75) is 32.4 Å². The summed E-state index contributed by atoms with van der Waals surface area (Å²) in [5.41, 5.74) is 5.75. The van der Waals surface area contributed by atoms with Gasteiger partial charge in [-0.2, -0.15) is 0 Å². The van der Waals surface area contributed by atoms with Gasteiger partial charge in [-0.3, -0.25) is 0 Å². The Morgan fingerprint density at radius 2 is 2.21 bits per heavy atom. The van der Waals surface area contributed by atoms with E-state index in [0.717, 1.165) is 9.21 Å². The lowest BCUT2D eigenvalue weighted by Crippen LogP contribution is -2.37. The third-order valence-corrected chi connectivity index (χ3v) is 3.48. The van der Waals surface area contributed by atoms with Crippen LogP contribution in [0.4, 0.5) is 0 Å². The molecule has 2 nitrogen and oxygen atoms in total. The quantitative estimate of drug-likeness (QED) is 0.867. The summed E-state index contributed by atoms with van der Waals surface area (Å²) < 4.78 is 6.36. The summed E-state index contributed by atoms with van der Waals surface area (Å²) in [4.78, 5) is 1.06. The van der Waals surface area contributed by atoms with Gasteiger partial charge in [-0.15, -0.1) is 11.3 Å². The standard InChI is InChI=1S/C10H16ClNOS/c1-4-13-10(2,3)9(12)7-5-6-8(11)14-7/h5-6,9H,4,12H2,1-3H3. The summed E-state index contributed by atoms with van der Waals surface area (Å²) in [6, 6.07) is 3.70. The van der Waals surface area contributed by atoms with Gasteiger partial charge in [0.1, 0.15) is 0 Å². The predicted octanol–water partition coefficient (Wildman–Crippen LogP) is 3.22. The molecule has 0 aliphatic carbocycles. The molecule has 1 aromatic heterocycles. The van der Waals surface area contributed by atoms with E-state index >= 15 is 0 Å². The van der Waals surface area contributed by atoms with E-state index in [0.29, 0.717) is 6.61 Å². The monoisotopic (exact) mass is 233 g/mol. The first-order chi connectivity index (χ1) is 6.47. The molecule has 14 heavy (non-hydrogen) atoms. The van der Waals surface area contributed by atoms with Crippen LogP contribution in [0, 0.1) is 0 Å². The van der Waals surface area contributed by atoms with E-state index < -0.39 is 0 Å². The summed E-state index contributed by atoms with van der Waals surface area (Å²) >= 11 is 7.36. The molecule has 0 fully saturated rings. The minimum atomic E-state index is -0.344. The number of ether oxygens (including phenoxy) is 1. The molecule has 0 saturated carbocycles. The Balaban J connectivity index is 2.78. The van der Waals surface area contributed by atoms with E-state index in [1.54, 1.807) is 0 Å². The maximum atomic E-state index is 6.10. The highest BCUT2D eigenvalue weighted by atomic mass is 35.5. The van der Waals surface area contributed by atoms with Crippen molar-refractivity contribution in [2.75, 3.05) is 6.61 Å². The van der Waals surface area contributed by atoms with Crippen LogP contribution >= 0.6 is 22.9 Å². The first-order valence-corrected chi connectivity index (χ1v) is 5.81. The van der Waals surface area contributed by atoms with Crippen molar-refractivity contribution in [1.82, 2.24) is 0 Å². The first-order valence-electron chi connectivity index (χ1n) is 4.62. The summed E-state index contributed by atoms with van der Waals surface area (Å²) in [7, 11) is 0. The van der Waals surface area contributed by atoms with E-state index in [4.69, 9.17) is 22.1 Å².